The normalized spacial score (nSPS) is 20.9. The molecule has 3 heterocycles. The highest BCUT2D eigenvalue weighted by Crippen LogP contribution is 2.49. The lowest BCUT2D eigenvalue weighted by Gasteiger charge is -2.49. The van der Waals surface area contributed by atoms with Crippen molar-refractivity contribution in [2.75, 3.05) is 18.8 Å². The van der Waals surface area contributed by atoms with Gasteiger partial charge < -0.3 is 9.42 Å². The first-order chi connectivity index (χ1) is 15.5. The van der Waals surface area contributed by atoms with Crippen molar-refractivity contribution < 1.29 is 17.7 Å². The molecule has 2 aromatic carbocycles. The zero-order valence-corrected chi connectivity index (χ0v) is 18.5. The summed E-state index contributed by atoms with van der Waals surface area (Å²) >= 11 is 0. The summed E-state index contributed by atoms with van der Waals surface area (Å²) in [5.74, 6) is 0.500. The smallest absolute Gasteiger partial charge is 0.231 e. The molecule has 1 spiro atoms. The first-order valence-electron chi connectivity index (χ1n) is 10.9. The lowest BCUT2D eigenvalue weighted by molar-refractivity contribution is -0.137. The summed E-state index contributed by atoms with van der Waals surface area (Å²) in [6, 6.07) is 19.5. The van der Waals surface area contributed by atoms with E-state index in [1.54, 1.807) is 4.90 Å². The van der Waals surface area contributed by atoms with E-state index in [4.69, 9.17) is 4.52 Å². The Balaban J connectivity index is 1.26. The van der Waals surface area contributed by atoms with Crippen LogP contribution in [0.5, 0.6) is 0 Å². The Bertz CT molecular complexity index is 1200. The number of amides is 1. The number of aryl methyl sites for hydroxylation is 1. The maximum Gasteiger partial charge on any atom is 0.231 e. The fraction of sp³-hybridized carbons (Fsp3) is 0.375. The molecule has 1 aromatic heterocycles. The molecule has 0 aliphatic carbocycles. The van der Waals surface area contributed by atoms with Crippen molar-refractivity contribution in [3.8, 4) is 11.4 Å². The lowest BCUT2D eigenvalue weighted by Crippen LogP contribution is -2.67. The number of hydrogen-bond acceptors (Lipinski definition) is 6. The van der Waals surface area contributed by atoms with Gasteiger partial charge in [-0.2, -0.15) is 4.98 Å². The first-order valence-corrected chi connectivity index (χ1v) is 12.6. The quantitative estimate of drug-likeness (QED) is 0.571. The van der Waals surface area contributed by atoms with Gasteiger partial charge in [0.25, 0.3) is 0 Å². The summed E-state index contributed by atoms with van der Waals surface area (Å²) in [7, 11) is -3.35. The third kappa shape index (κ3) is 3.62. The highest BCUT2D eigenvalue weighted by atomic mass is 32.2. The molecule has 32 heavy (non-hydrogen) atoms. The fourth-order valence-corrected chi connectivity index (χ4v) is 7.14. The van der Waals surface area contributed by atoms with Crippen molar-refractivity contribution >= 4 is 15.7 Å². The lowest BCUT2D eigenvalue weighted by atomic mass is 9.82. The van der Waals surface area contributed by atoms with Gasteiger partial charge in [0, 0.05) is 25.1 Å². The molecule has 0 bridgehead atoms. The van der Waals surface area contributed by atoms with Crippen LogP contribution in [0.1, 0.15) is 36.6 Å². The zero-order chi connectivity index (χ0) is 22.2. The maximum absolute atomic E-state index is 13.0. The predicted octanol–water partition coefficient (Wildman–Crippen LogP) is 3.24. The van der Waals surface area contributed by atoms with Crippen molar-refractivity contribution in [2.45, 2.75) is 36.3 Å². The van der Waals surface area contributed by atoms with Crippen LogP contribution in [-0.2, 0) is 21.1 Å². The molecule has 7 nitrogen and oxygen atoms in total. The summed E-state index contributed by atoms with van der Waals surface area (Å²) in [5, 5.41) is 4.06. The number of likely N-dealkylation sites (tertiary alicyclic amines) is 1. The summed E-state index contributed by atoms with van der Waals surface area (Å²) in [5.41, 5.74) is 2.02. The minimum Gasteiger partial charge on any atom is -0.339 e. The minimum absolute atomic E-state index is 0.00269. The van der Waals surface area contributed by atoms with E-state index in [1.165, 1.54) is 5.56 Å². The maximum atomic E-state index is 13.0. The van der Waals surface area contributed by atoms with Gasteiger partial charge in [0.05, 0.1) is 11.7 Å². The highest BCUT2D eigenvalue weighted by molar-refractivity contribution is 7.93. The average molecular weight is 452 g/mol. The Kier molecular flexibility index (Phi) is 5.33. The second-order valence-corrected chi connectivity index (χ2v) is 11.1. The molecule has 166 valence electrons. The minimum atomic E-state index is -3.35. The molecule has 3 aromatic rings. The number of benzene rings is 2. The fourth-order valence-electron chi connectivity index (χ4n) is 4.83. The number of hydrogen-bond donors (Lipinski definition) is 0. The average Bonchev–Trinajstić information content (AvgIpc) is 3.36. The third-order valence-corrected chi connectivity index (χ3v) is 9.22. The third-order valence-electron chi connectivity index (χ3n) is 6.67. The Labute approximate surface area is 187 Å². The largest absolute Gasteiger partial charge is 0.339 e. The van der Waals surface area contributed by atoms with E-state index in [2.05, 4.69) is 10.1 Å². The monoisotopic (exact) mass is 451 g/mol. The molecule has 5 rings (SSSR count). The van der Waals surface area contributed by atoms with Crippen LogP contribution in [0.4, 0.5) is 0 Å². The van der Waals surface area contributed by atoms with Gasteiger partial charge in [-0.1, -0.05) is 65.8 Å². The summed E-state index contributed by atoms with van der Waals surface area (Å²) in [4.78, 5) is 18.9. The number of rotatable bonds is 6. The SMILES string of the molecule is O=C(CCCc1ccccc1)N1CC2(C1)C(c1nc(-c3ccccc3)no1)CCS2(=O)=O. The molecule has 0 radical (unpaired) electrons. The molecular formula is C24H25N3O4S. The topological polar surface area (TPSA) is 93.4 Å². The van der Waals surface area contributed by atoms with Crippen LogP contribution >= 0.6 is 0 Å². The van der Waals surface area contributed by atoms with Crippen LogP contribution in [0.3, 0.4) is 0 Å². The predicted molar refractivity (Wildman–Crippen MR) is 120 cm³/mol. The van der Waals surface area contributed by atoms with Crippen molar-refractivity contribution in [1.82, 2.24) is 15.0 Å². The standard InChI is InChI=1S/C24H25N3O4S/c28-21(13-7-10-18-8-3-1-4-9-18)27-16-24(17-27)20(14-15-32(24,29)30)23-25-22(26-31-23)19-11-5-2-6-12-19/h1-6,8-9,11-12,20H,7,10,13-17H2. The van der Waals surface area contributed by atoms with Crippen LogP contribution in [0, 0.1) is 0 Å². The van der Waals surface area contributed by atoms with E-state index in [0.29, 0.717) is 24.6 Å². The van der Waals surface area contributed by atoms with Crippen LogP contribution in [0.2, 0.25) is 0 Å². The van der Waals surface area contributed by atoms with Gasteiger partial charge in [-0.25, -0.2) is 8.42 Å². The van der Waals surface area contributed by atoms with E-state index in [-0.39, 0.29) is 30.7 Å². The van der Waals surface area contributed by atoms with Crippen molar-refractivity contribution in [3.05, 3.63) is 72.1 Å². The van der Waals surface area contributed by atoms with E-state index in [1.807, 2.05) is 60.7 Å². The molecule has 1 amide bonds. The number of aromatic nitrogens is 2. The highest BCUT2D eigenvalue weighted by Gasteiger charge is 2.64. The molecular weight excluding hydrogens is 426 g/mol. The van der Waals surface area contributed by atoms with Crippen molar-refractivity contribution in [3.63, 3.8) is 0 Å². The van der Waals surface area contributed by atoms with Gasteiger partial charge in [0.2, 0.25) is 17.6 Å². The number of carbonyl (C=O) groups is 1. The molecule has 2 saturated heterocycles. The van der Waals surface area contributed by atoms with Crippen LogP contribution in [0.25, 0.3) is 11.4 Å². The van der Waals surface area contributed by atoms with Gasteiger partial charge in [-0.15, -0.1) is 0 Å². The second kappa shape index (κ2) is 8.16. The van der Waals surface area contributed by atoms with Gasteiger partial charge in [0.15, 0.2) is 9.84 Å². The Morgan fingerprint density at radius 3 is 2.47 bits per heavy atom. The number of nitrogens with zero attached hydrogens (tertiary/aromatic N) is 3. The van der Waals surface area contributed by atoms with Gasteiger partial charge in [0.1, 0.15) is 4.75 Å². The molecule has 1 atom stereocenters. The zero-order valence-electron chi connectivity index (χ0n) is 17.7. The van der Waals surface area contributed by atoms with E-state index in [9.17, 15) is 13.2 Å². The summed E-state index contributed by atoms with van der Waals surface area (Å²) in [6.07, 6.45) is 2.42. The second-order valence-electron chi connectivity index (χ2n) is 8.64. The Morgan fingerprint density at radius 1 is 1.06 bits per heavy atom. The molecule has 0 saturated carbocycles. The summed E-state index contributed by atoms with van der Waals surface area (Å²) < 4.78 is 30.4. The molecule has 2 fully saturated rings. The van der Waals surface area contributed by atoms with Crippen molar-refractivity contribution in [2.24, 2.45) is 0 Å². The van der Waals surface area contributed by atoms with E-state index < -0.39 is 14.6 Å². The van der Waals surface area contributed by atoms with Crippen molar-refractivity contribution in [1.29, 1.82) is 0 Å². The van der Waals surface area contributed by atoms with Crippen LogP contribution < -0.4 is 0 Å². The first kappa shape index (κ1) is 20.9. The molecule has 1 unspecified atom stereocenters. The molecule has 8 heteroatoms. The van der Waals surface area contributed by atoms with Gasteiger partial charge >= 0.3 is 0 Å². The Morgan fingerprint density at radius 2 is 1.75 bits per heavy atom. The summed E-state index contributed by atoms with van der Waals surface area (Å²) in [6.45, 7) is 0.403. The van der Waals surface area contributed by atoms with Gasteiger partial charge in [-0.05, 0) is 24.8 Å². The Hall–Kier alpha value is -3.00. The number of carbonyl (C=O) groups excluding carboxylic acids is 1. The van der Waals surface area contributed by atoms with Crippen LogP contribution in [-0.4, -0.2) is 53.0 Å². The molecule has 2 aliphatic rings. The van der Waals surface area contributed by atoms with E-state index in [0.717, 1.165) is 18.4 Å². The van der Waals surface area contributed by atoms with Crippen LogP contribution in [0.15, 0.2) is 65.2 Å². The van der Waals surface area contributed by atoms with Gasteiger partial charge in [-0.3, -0.25) is 4.79 Å². The van der Waals surface area contributed by atoms with E-state index >= 15 is 0 Å². The molecule has 2 aliphatic heterocycles. The number of sulfone groups is 1. The molecule has 0 N–H and O–H groups in total.